The van der Waals surface area contributed by atoms with Crippen LogP contribution in [0.5, 0.6) is 0 Å². The molecule has 5 heteroatoms. The summed E-state index contributed by atoms with van der Waals surface area (Å²) in [5, 5.41) is 11.5. The number of unbranched alkanes of at least 4 members (excludes halogenated alkanes) is 9. The standard InChI is InChI=1S/C18H35NO3S/c1-16(13-15-23)18(22)19-14-11-9-7-5-3-2-4-6-8-10-12-17(20)21/h16,23H,2-15H2,1H3,(H,19,22)(H,20,21). The second-order valence-electron chi connectivity index (χ2n) is 6.38. The number of carboxylic acid groups (broad SMARTS) is 1. The topological polar surface area (TPSA) is 66.4 Å². The highest BCUT2D eigenvalue weighted by Gasteiger charge is 2.10. The number of amides is 1. The fourth-order valence-electron chi connectivity index (χ4n) is 2.53. The Kier molecular flexibility index (Phi) is 15.7. The summed E-state index contributed by atoms with van der Waals surface area (Å²) in [5.74, 6) is 0.302. The molecule has 0 heterocycles. The van der Waals surface area contributed by atoms with Crippen molar-refractivity contribution in [1.82, 2.24) is 5.32 Å². The summed E-state index contributed by atoms with van der Waals surface area (Å²) in [6.07, 6.45) is 12.6. The highest BCUT2D eigenvalue weighted by atomic mass is 32.1. The molecule has 0 saturated heterocycles. The maximum absolute atomic E-state index is 11.7. The Bertz CT molecular complexity index is 311. The lowest BCUT2D eigenvalue weighted by Crippen LogP contribution is -2.30. The van der Waals surface area contributed by atoms with E-state index in [2.05, 4.69) is 17.9 Å². The number of hydrogen-bond acceptors (Lipinski definition) is 3. The largest absolute Gasteiger partial charge is 0.481 e. The van der Waals surface area contributed by atoms with Gasteiger partial charge in [0.1, 0.15) is 0 Å². The van der Waals surface area contributed by atoms with Gasteiger partial charge in [0.25, 0.3) is 0 Å². The number of aliphatic carboxylic acids is 1. The second-order valence-corrected chi connectivity index (χ2v) is 6.83. The zero-order chi connectivity index (χ0) is 17.3. The third-order valence-corrected chi connectivity index (χ3v) is 4.38. The van der Waals surface area contributed by atoms with Gasteiger partial charge >= 0.3 is 5.97 Å². The molecular weight excluding hydrogens is 310 g/mol. The molecule has 0 aromatic rings. The predicted molar refractivity (Wildman–Crippen MR) is 99.1 cm³/mol. The van der Waals surface area contributed by atoms with Gasteiger partial charge in [-0.15, -0.1) is 0 Å². The van der Waals surface area contributed by atoms with E-state index in [-0.39, 0.29) is 11.8 Å². The minimum Gasteiger partial charge on any atom is -0.481 e. The Hall–Kier alpha value is -0.710. The van der Waals surface area contributed by atoms with Crippen molar-refractivity contribution in [2.75, 3.05) is 12.3 Å². The van der Waals surface area contributed by atoms with Gasteiger partial charge in [-0.3, -0.25) is 9.59 Å². The Morgan fingerprint density at radius 2 is 1.39 bits per heavy atom. The molecule has 0 aromatic carbocycles. The summed E-state index contributed by atoms with van der Waals surface area (Å²) in [6, 6.07) is 0. The third-order valence-electron chi connectivity index (χ3n) is 4.13. The Morgan fingerprint density at radius 3 is 1.87 bits per heavy atom. The van der Waals surface area contributed by atoms with Gasteiger partial charge in [-0.25, -0.2) is 0 Å². The molecule has 23 heavy (non-hydrogen) atoms. The monoisotopic (exact) mass is 345 g/mol. The van der Waals surface area contributed by atoms with Gasteiger partial charge in [-0.05, 0) is 25.0 Å². The van der Waals surface area contributed by atoms with Gasteiger partial charge in [-0.1, -0.05) is 58.3 Å². The Labute approximate surface area is 147 Å². The number of nitrogens with one attached hydrogen (secondary N) is 1. The Balaban J connectivity index is 3.19. The third kappa shape index (κ3) is 15.9. The van der Waals surface area contributed by atoms with Crippen molar-refractivity contribution < 1.29 is 14.7 Å². The zero-order valence-corrected chi connectivity index (χ0v) is 15.6. The summed E-state index contributed by atoms with van der Waals surface area (Å²) in [6.45, 7) is 2.74. The van der Waals surface area contributed by atoms with Crippen LogP contribution in [-0.2, 0) is 9.59 Å². The van der Waals surface area contributed by atoms with Crippen molar-refractivity contribution in [3.63, 3.8) is 0 Å². The van der Waals surface area contributed by atoms with Gasteiger partial charge in [0.2, 0.25) is 5.91 Å². The normalized spacial score (nSPS) is 12.1. The summed E-state index contributed by atoms with van der Waals surface area (Å²) in [5.41, 5.74) is 0. The summed E-state index contributed by atoms with van der Waals surface area (Å²) < 4.78 is 0. The van der Waals surface area contributed by atoms with Gasteiger partial charge < -0.3 is 10.4 Å². The van der Waals surface area contributed by atoms with E-state index in [0.29, 0.717) is 6.42 Å². The van der Waals surface area contributed by atoms with Crippen molar-refractivity contribution >= 4 is 24.5 Å². The molecule has 0 spiro atoms. The minimum atomic E-state index is -0.683. The average Bonchev–Trinajstić information content (AvgIpc) is 2.51. The first-order chi connectivity index (χ1) is 11.1. The fourth-order valence-corrected chi connectivity index (χ4v) is 2.91. The molecule has 0 aromatic heterocycles. The van der Waals surface area contributed by atoms with Crippen LogP contribution in [0.4, 0.5) is 0 Å². The molecule has 136 valence electrons. The van der Waals surface area contributed by atoms with Crippen molar-refractivity contribution in [3.8, 4) is 0 Å². The quantitative estimate of drug-likeness (QED) is 0.286. The van der Waals surface area contributed by atoms with E-state index in [9.17, 15) is 9.59 Å². The van der Waals surface area contributed by atoms with E-state index in [1.54, 1.807) is 0 Å². The minimum absolute atomic E-state index is 0.0722. The van der Waals surface area contributed by atoms with Gasteiger partial charge in [0.05, 0.1) is 0 Å². The highest BCUT2D eigenvalue weighted by molar-refractivity contribution is 7.80. The molecule has 1 unspecified atom stereocenters. The number of carboxylic acids is 1. The van der Waals surface area contributed by atoms with E-state index < -0.39 is 5.97 Å². The van der Waals surface area contributed by atoms with Crippen molar-refractivity contribution in [2.24, 2.45) is 5.92 Å². The fraction of sp³-hybridized carbons (Fsp3) is 0.889. The van der Waals surface area contributed by atoms with E-state index in [1.165, 1.54) is 38.5 Å². The molecule has 0 aliphatic carbocycles. The summed E-state index contributed by atoms with van der Waals surface area (Å²) >= 11 is 4.15. The number of carbonyl (C=O) groups is 2. The van der Waals surface area contributed by atoms with Crippen molar-refractivity contribution in [2.45, 2.75) is 84.0 Å². The van der Waals surface area contributed by atoms with E-state index in [1.807, 2.05) is 6.92 Å². The molecule has 0 aliphatic heterocycles. The lowest BCUT2D eigenvalue weighted by Gasteiger charge is -2.10. The molecule has 1 atom stereocenters. The van der Waals surface area contributed by atoms with E-state index in [0.717, 1.165) is 44.4 Å². The van der Waals surface area contributed by atoms with Gasteiger partial charge in [0, 0.05) is 18.9 Å². The lowest BCUT2D eigenvalue weighted by molar-refractivity contribution is -0.137. The highest BCUT2D eigenvalue weighted by Crippen LogP contribution is 2.11. The van der Waals surface area contributed by atoms with Crippen LogP contribution in [0.25, 0.3) is 0 Å². The maximum Gasteiger partial charge on any atom is 0.303 e. The molecule has 4 nitrogen and oxygen atoms in total. The summed E-state index contributed by atoms with van der Waals surface area (Å²) in [7, 11) is 0. The van der Waals surface area contributed by atoms with Crippen LogP contribution in [-0.4, -0.2) is 29.3 Å². The van der Waals surface area contributed by atoms with Crippen LogP contribution in [0.1, 0.15) is 84.0 Å². The van der Waals surface area contributed by atoms with Crippen LogP contribution in [0.2, 0.25) is 0 Å². The first kappa shape index (κ1) is 22.3. The zero-order valence-electron chi connectivity index (χ0n) is 14.7. The van der Waals surface area contributed by atoms with E-state index in [4.69, 9.17) is 5.11 Å². The Morgan fingerprint density at radius 1 is 0.913 bits per heavy atom. The van der Waals surface area contributed by atoms with Crippen molar-refractivity contribution in [3.05, 3.63) is 0 Å². The maximum atomic E-state index is 11.7. The number of hydrogen-bond donors (Lipinski definition) is 3. The number of rotatable bonds is 16. The van der Waals surface area contributed by atoms with Crippen LogP contribution < -0.4 is 5.32 Å². The molecule has 0 bridgehead atoms. The molecular formula is C18H35NO3S. The molecule has 0 fully saturated rings. The van der Waals surface area contributed by atoms with Crippen LogP contribution in [0.3, 0.4) is 0 Å². The molecule has 0 radical (unpaired) electrons. The van der Waals surface area contributed by atoms with Gasteiger partial charge in [-0.2, -0.15) is 12.6 Å². The first-order valence-electron chi connectivity index (χ1n) is 9.18. The SMILES string of the molecule is CC(CCS)C(=O)NCCCCCCCCCCCCC(=O)O. The molecule has 1 amide bonds. The molecule has 2 N–H and O–H groups in total. The average molecular weight is 346 g/mol. The first-order valence-corrected chi connectivity index (χ1v) is 9.81. The van der Waals surface area contributed by atoms with Crippen molar-refractivity contribution in [1.29, 1.82) is 0 Å². The van der Waals surface area contributed by atoms with Crippen LogP contribution >= 0.6 is 12.6 Å². The lowest BCUT2D eigenvalue weighted by atomic mass is 10.1. The van der Waals surface area contributed by atoms with Gasteiger partial charge in [0.15, 0.2) is 0 Å². The predicted octanol–water partition coefficient (Wildman–Crippen LogP) is 4.43. The number of carbonyl (C=O) groups excluding carboxylic acids is 1. The van der Waals surface area contributed by atoms with Crippen LogP contribution in [0, 0.1) is 5.92 Å². The second kappa shape index (κ2) is 16.2. The smallest absolute Gasteiger partial charge is 0.303 e. The molecule has 0 saturated carbocycles. The molecule has 0 aliphatic rings. The molecule has 0 rings (SSSR count). The van der Waals surface area contributed by atoms with Crippen LogP contribution in [0.15, 0.2) is 0 Å². The summed E-state index contributed by atoms with van der Waals surface area (Å²) in [4.78, 5) is 22.0. The number of thiol groups is 1. The van der Waals surface area contributed by atoms with E-state index >= 15 is 0 Å².